The van der Waals surface area contributed by atoms with Gasteiger partial charge in [-0.3, -0.25) is 4.68 Å². The second-order valence-corrected chi connectivity index (χ2v) is 6.44. The molecule has 5 heteroatoms. The van der Waals surface area contributed by atoms with Gasteiger partial charge in [0.05, 0.1) is 6.20 Å². The molecule has 25 heavy (non-hydrogen) atoms. The summed E-state index contributed by atoms with van der Waals surface area (Å²) in [5, 5.41) is 8.32. The van der Waals surface area contributed by atoms with E-state index in [1.54, 1.807) is 0 Å². The number of rotatable bonds is 5. The predicted molar refractivity (Wildman–Crippen MR) is 106 cm³/mol. The molecule has 2 aromatic carbocycles. The number of hydrogen-bond donors (Lipinski definition) is 1. The zero-order valence-corrected chi connectivity index (χ0v) is 15.3. The third-order valence-corrected chi connectivity index (χ3v) is 4.43. The lowest BCUT2D eigenvalue weighted by Crippen LogP contribution is -2.34. The lowest BCUT2D eigenvalue weighted by Gasteiger charge is -2.26. The smallest absolute Gasteiger partial charge is 0.175 e. The zero-order chi connectivity index (χ0) is 17.6. The van der Waals surface area contributed by atoms with Crippen LogP contribution in [0.3, 0.4) is 0 Å². The van der Waals surface area contributed by atoms with E-state index < -0.39 is 0 Å². The van der Waals surface area contributed by atoms with E-state index in [0.29, 0.717) is 5.11 Å². The van der Waals surface area contributed by atoms with Gasteiger partial charge >= 0.3 is 0 Å². The fraction of sp³-hybridized carbons (Fsp3) is 0.200. The van der Waals surface area contributed by atoms with Gasteiger partial charge in [0.15, 0.2) is 5.11 Å². The first kappa shape index (κ1) is 17.2. The molecule has 1 N–H and O–H groups in total. The van der Waals surface area contributed by atoms with Crippen molar-refractivity contribution < 1.29 is 0 Å². The summed E-state index contributed by atoms with van der Waals surface area (Å²) in [6.07, 6.45) is 1.84. The number of hydrogen-bond acceptors (Lipinski definition) is 2. The van der Waals surface area contributed by atoms with Crippen molar-refractivity contribution in [2.75, 3.05) is 5.32 Å². The van der Waals surface area contributed by atoms with Gasteiger partial charge in [-0.1, -0.05) is 60.7 Å². The van der Waals surface area contributed by atoms with Crippen molar-refractivity contribution in [3.8, 4) is 0 Å². The summed E-state index contributed by atoms with van der Waals surface area (Å²) in [6.45, 7) is 3.52. The number of nitrogens with zero attached hydrogens (tertiary/aromatic N) is 3. The topological polar surface area (TPSA) is 33.1 Å². The van der Waals surface area contributed by atoms with Gasteiger partial charge in [-0.15, -0.1) is 0 Å². The van der Waals surface area contributed by atoms with Crippen molar-refractivity contribution >= 4 is 23.1 Å². The SMILES string of the molecule is Cc1cnn(C)c1NC(=S)N(Cc1ccccc1)Cc1ccccc1. The molecule has 0 amide bonds. The van der Waals surface area contributed by atoms with E-state index in [9.17, 15) is 0 Å². The standard InChI is InChI=1S/C20H22N4S/c1-16-13-21-23(2)19(16)22-20(25)24(14-17-9-5-3-6-10-17)15-18-11-7-4-8-12-18/h3-13H,14-15H2,1-2H3,(H,22,25). The second-order valence-electron chi connectivity index (χ2n) is 6.06. The number of aryl methyl sites for hydroxylation is 2. The molecule has 0 unspecified atom stereocenters. The maximum atomic E-state index is 5.71. The molecule has 0 aliphatic heterocycles. The molecule has 0 aliphatic carbocycles. The van der Waals surface area contributed by atoms with Gasteiger partial charge in [-0.25, -0.2) is 0 Å². The number of aromatic nitrogens is 2. The van der Waals surface area contributed by atoms with E-state index in [0.717, 1.165) is 24.5 Å². The normalized spacial score (nSPS) is 10.5. The molecule has 0 fully saturated rings. The highest BCUT2D eigenvalue weighted by atomic mass is 32.1. The van der Waals surface area contributed by atoms with Crippen LogP contribution in [0.2, 0.25) is 0 Å². The number of nitrogens with one attached hydrogen (secondary N) is 1. The Labute approximate surface area is 154 Å². The molecular formula is C20H22N4S. The molecular weight excluding hydrogens is 328 g/mol. The summed E-state index contributed by atoms with van der Waals surface area (Å²) in [7, 11) is 1.91. The molecule has 0 spiro atoms. The minimum Gasteiger partial charge on any atom is -0.340 e. The summed E-state index contributed by atoms with van der Waals surface area (Å²) in [4.78, 5) is 2.17. The van der Waals surface area contributed by atoms with E-state index in [1.165, 1.54) is 11.1 Å². The maximum absolute atomic E-state index is 5.71. The summed E-state index contributed by atoms with van der Waals surface area (Å²) < 4.78 is 1.81. The van der Waals surface area contributed by atoms with Crippen LogP contribution in [0.4, 0.5) is 5.82 Å². The highest BCUT2D eigenvalue weighted by Gasteiger charge is 2.14. The Morgan fingerprint density at radius 3 is 1.96 bits per heavy atom. The Morgan fingerprint density at radius 1 is 1.00 bits per heavy atom. The van der Waals surface area contributed by atoms with Crippen molar-refractivity contribution in [3.63, 3.8) is 0 Å². The molecule has 128 valence electrons. The average molecular weight is 350 g/mol. The number of benzene rings is 2. The molecule has 4 nitrogen and oxygen atoms in total. The monoisotopic (exact) mass is 350 g/mol. The molecule has 0 saturated carbocycles. The first-order chi connectivity index (χ1) is 12.1. The summed E-state index contributed by atoms with van der Waals surface area (Å²) >= 11 is 5.71. The van der Waals surface area contributed by atoms with Crippen LogP contribution in [0.25, 0.3) is 0 Å². The zero-order valence-electron chi connectivity index (χ0n) is 14.5. The van der Waals surface area contributed by atoms with Crippen LogP contribution < -0.4 is 5.32 Å². The minimum atomic E-state index is 0.694. The minimum absolute atomic E-state index is 0.694. The van der Waals surface area contributed by atoms with E-state index in [4.69, 9.17) is 12.2 Å². The van der Waals surface area contributed by atoms with Crippen LogP contribution in [0.5, 0.6) is 0 Å². The average Bonchev–Trinajstić information content (AvgIpc) is 2.95. The van der Waals surface area contributed by atoms with Crippen LogP contribution in [0.1, 0.15) is 16.7 Å². The molecule has 0 bridgehead atoms. The van der Waals surface area contributed by atoms with Crippen molar-refractivity contribution in [1.29, 1.82) is 0 Å². The highest BCUT2D eigenvalue weighted by Crippen LogP contribution is 2.16. The molecule has 0 atom stereocenters. The maximum Gasteiger partial charge on any atom is 0.175 e. The third kappa shape index (κ3) is 4.45. The van der Waals surface area contributed by atoms with Gasteiger partial charge in [0, 0.05) is 25.7 Å². The molecule has 0 saturated heterocycles. The van der Waals surface area contributed by atoms with Crippen LogP contribution in [0.15, 0.2) is 66.9 Å². The number of anilines is 1. The van der Waals surface area contributed by atoms with Gasteiger partial charge < -0.3 is 10.2 Å². The van der Waals surface area contributed by atoms with E-state index >= 15 is 0 Å². The van der Waals surface area contributed by atoms with Crippen LogP contribution in [-0.2, 0) is 20.1 Å². The first-order valence-corrected chi connectivity index (χ1v) is 8.66. The molecule has 0 aliphatic rings. The Hall–Kier alpha value is -2.66. The Morgan fingerprint density at radius 2 is 1.52 bits per heavy atom. The first-order valence-electron chi connectivity index (χ1n) is 8.26. The van der Waals surface area contributed by atoms with Crippen molar-refractivity contribution in [2.45, 2.75) is 20.0 Å². The van der Waals surface area contributed by atoms with E-state index in [-0.39, 0.29) is 0 Å². The van der Waals surface area contributed by atoms with Crippen LogP contribution in [-0.4, -0.2) is 19.8 Å². The largest absolute Gasteiger partial charge is 0.340 e. The Kier molecular flexibility index (Phi) is 5.46. The van der Waals surface area contributed by atoms with Gasteiger partial charge in [-0.05, 0) is 30.3 Å². The Balaban J connectivity index is 1.80. The van der Waals surface area contributed by atoms with Gasteiger partial charge in [0.2, 0.25) is 0 Å². The predicted octanol–water partition coefficient (Wildman–Crippen LogP) is 4.13. The summed E-state index contributed by atoms with van der Waals surface area (Å²) in [6, 6.07) is 20.8. The summed E-state index contributed by atoms with van der Waals surface area (Å²) in [5.41, 5.74) is 3.53. The number of thiocarbonyl (C=S) groups is 1. The Bertz CT molecular complexity index is 766. The lowest BCUT2D eigenvalue weighted by atomic mass is 10.2. The van der Waals surface area contributed by atoms with Gasteiger partial charge in [0.1, 0.15) is 5.82 Å². The molecule has 3 aromatic rings. The second kappa shape index (κ2) is 7.94. The van der Waals surface area contributed by atoms with Gasteiger partial charge in [-0.2, -0.15) is 5.10 Å². The van der Waals surface area contributed by atoms with E-state index in [1.807, 2.05) is 37.0 Å². The molecule has 1 heterocycles. The van der Waals surface area contributed by atoms with E-state index in [2.05, 4.69) is 63.8 Å². The van der Waals surface area contributed by atoms with Crippen molar-refractivity contribution in [3.05, 3.63) is 83.6 Å². The quantitative estimate of drug-likeness (QED) is 0.702. The lowest BCUT2D eigenvalue weighted by molar-refractivity contribution is 0.412. The van der Waals surface area contributed by atoms with Crippen molar-refractivity contribution in [1.82, 2.24) is 14.7 Å². The third-order valence-electron chi connectivity index (χ3n) is 4.07. The highest BCUT2D eigenvalue weighted by molar-refractivity contribution is 7.80. The fourth-order valence-corrected chi connectivity index (χ4v) is 2.94. The molecule has 1 aromatic heterocycles. The van der Waals surface area contributed by atoms with Crippen LogP contribution in [0, 0.1) is 6.92 Å². The molecule has 3 rings (SSSR count). The van der Waals surface area contributed by atoms with Gasteiger partial charge in [0.25, 0.3) is 0 Å². The summed E-state index contributed by atoms with van der Waals surface area (Å²) in [5.74, 6) is 0.927. The van der Waals surface area contributed by atoms with Crippen LogP contribution >= 0.6 is 12.2 Å². The van der Waals surface area contributed by atoms with Crippen molar-refractivity contribution in [2.24, 2.45) is 7.05 Å². The fourth-order valence-electron chi connectivity index (χ4n) is 2.71. The molecule has 0 radical (unpaired) electrons.